The summed E-state index contributed by atoms with van der Waals surface area (Å²) >= 11 is 5.98. The molecule has 0 N–H and O–H groups in total. The second-order valence-corrected chi connectivity index (χ2v) is 9.15. The van der Waals surface area contributed by atoms with Crippen molar-refractivity contribution in [1.29, 1.82) is 0 Å². The largest absolute Gasteiger partial charge is 0.493 e. The summed E-state index contributed by atoms with van der Waals surface area (Å²) in [7, 11) is 1.37. The van der Waals surface area contributed by atoms with E-state index in [4.69, 9.17) is 30.5 Å². The summed E-state index contributed by atoms with van der Waals surface area (Å²) in [6.07, 6.45) is -0.219. The number of Topliss-reactive ketones (excluding diaryl/α,β-unsaturated/α-hetero) is 1. The van der Waals surface area contributed by atoms with Crippen molar-refractivity contribution in [2.24, 2.45) is 5.92 Å². The Balaban J connectivity index is 1.80. The van der Waals surface area contributed by atoms with Gasteiger partial charge in [-0.1, -0.05) is 48.9 Å². The van der Waals surface area contributed by atoms with Crippen molar-refractivity contribution >= 4 is 29.3 Å². The van der Waals surface area contributed by atoms with Crippen LogP contribution in [0.5, 0.6) is 17.2 Å². The van der Waals surface area contributed by atoms with Crippen molar-refractivity contribution in [1.82, 2.24) is 4.98 Å². The van der Waals surface area contributed by atoms with Crippen LogP contribution in [-0.2, 0) is 14.3 Å². The summed E-state index contributed by atoms with van der Waals surface area (Å²) in [6, 6.07) is 14.3. The van der Waals surface area contributed by atoms with Gasteiger partial charge in [0.05, 0.1) is 13.0 Å². The van der Waals surface area contributed by atoms with Gasteiger partial charge in [-0.25, -0.2) is 9.37 Å². The third-order valence-electron chi connectivity index (χ3n) is 5.81. The van der Waals surface area contributed by atoms with E-state index in [0.717, 1.165) is 6.07 Å². The number of benzene rings is 2. The van der Waals surface area contributed by atoms with Gasteiger partial charge in [-0.15, -0.1) is 0 Å². The molecule has 2 aromatic carbocycles. The molecule has 0 aliphatic carbocycles. The SMILES string of the molecule is CC[C@H](CC(=O)c1nccc(OC)c1OC(C)=O)C(=O)O[C@@H](C)[C@H](Oc1cc(F)cc(Cl)c1)c1ccccc1. The van der Waals surface area contributed by atoms with E-state index in [2.05, 4.69) is 4.98 Å². The van der Waals surface area contributed by atoms with Crippen LogP contribution in [0.1, 0.15) is 55.8 Å². The predicted molar refractivity (Wildman–Crippen MR) is 142 cm³/mol. The van der Waals surface area contributed by atoms with Crippen molar-refractivity contribution in [3.8, 4) is 17.2 Å². The smallest absolute Gasteiger partial charge is 0.309 e. The number of pyridine rings is 1. The van der Waals surface area contributed by atoms with Crippen LogP contribution in [0.15, 0.2) is 60.8 Å². The zero-order valence-corrected chi connectivity index (χ0v) is 22.7. The monoisotopic (exact) mass is 557 g/mol. The Kier molecular flexibility index (Phi) is 10.4. The lowest BCUT2D eigenvalue weighted by molar-refractivity contribution is -0.158. The standard InChI is InChI=1S/C29H29ClFNO7/c1-5-19(13-24(34)26-28(38-18(3)33)25(36-4)11-12-32-26)29(35)37-17(2)27(20-9-7-6-8-10-20)39-23-15-21(30)14-22(31)16-23/h6-12,14-17,19,27H,5,13H2,1-4H3/t17-,19+,27-/m0/s1. The molecule has 10 heteroatoms. The van der Waals surface area contributed by atoms with E-state index in [9.17, 15) is 18.8 Å². The normalized spacial score (nSPS) is 13.1. The zero-order chi connectivity index (χ0) is 28.5. The van der Waals surface area contributed by atoms with Crippen LogP contribution >= 0.6 is 11.6 Å². The van der Waals surface area contributed by atoms with Gasteiger partial charge >= 0.3 is 11.9 Å². The number of ether oxygens (including phenoxy) is 4. The average Bonchev–Trinajstić information content (AvgIpc) is 2.89. The van der Waals surface area contributed by atoms with Gasteiger partial charge in [0.25, 0.3) is 0 Å². The maximum absolute atomic E-state index is 13.9. The van der Waals surface area contributed by atoms with Crippen LogP contribution < -0.4 is 14.2 Å². The number of ketones is 1. The van der Waals surface area contributed by atoms with Crippen LogP contribution in [0.3, 0.4) is 0 Å². The molecule has 0 aliphatic heterocycles. The van der Waals surface area contributed by atoms with Gasteiger partial charge in [0.1, 0.15) is 17.7 Å². The maximum atomic E-state index is 13.9. The van der Waals surface area contributed by atoms with Crippen LogP contribution in [0.4, 0.5) is 4.39 Å². The molecule has 3 atom stereocenters. The molecule has 206 valence electrons. The Morgan fingerprint density at radius 1 is 1.08 bits per heavy atom. The molecular weight excluding hydrogens is 529 g/mol. The van der Waals surface area contributed by atoms with Crippen LogP contribution in [0, 0.1) is 11.7 Å². The van der Waals surface area contributed by atoms with Gasteiger partial charge in [-0.05, 0) is 31.0 Å². The number of methoxy groups -OCH3 is 1. The number of hydrogen-bond acceptors (Lipinski definition) is 8. The molecule has 0 aliphatic rings. The highest BCUT2D eigenvalue weighted by Gasteiger charge is 2.31. The third kappa shape index (κ3) is 8.00. The number of hydrogen-bond donors (Lipinski definition) is 0. The molecule has 0 bridgehead atoms. The molecule has 0 fully saturated rings. The first-order valence-electron chi connectivity index (χ1n) is 12.3. The summed E-state index contributed by atoms with van der Waals surface area (Å²) in [5, 5.41) is 0.158. The minimum absolute atomic E-state index is 0.111. The number of aromatic nitrogens is 1. The van der Waals surface area contributed by atoms with E-state index in [1.807, 2.05) is 6.07 Å². The molecule has 0 saturated carbocycles. The van der Waals surface area contributed by atoms with Crippen molar-refractivity contribution in [2.45, 2.75) is 45.8 Å². The summed E-state index contributed by atoms with van der Waals surface area (Å²) < 4.78 is 36.1. The van der Waals surface area contributed by atoms with E-state index in [1.54, 1.807) is 38.1 Å². The van der Waals surface area contributed by atoms with Crippen molar-refractivity contribution < 1.29 is 37.7 Å². The van der Waals surface area contributed by atoms with Gasteiger partial charge in [0.15, 0.2) is 23.3 Å². The van der Waals surface area contributed by atoms with Gasteiger partial charge in [0.2, 0.25) is 5.75 Å². The first-order valence-corrected chi connectivity index (χ1v) is 12.6. The molecule has 0 unspecified atom stereocenters. The van der Waals surface area contributed by atoms with Crippen molar-refractivity contribution in [3.63, 3.8) is 0 Å². The Labute approximate surface area is 231 Å². The fraction of sp³-hybridized carbons (Fsp3) is 0.310. The second-order valence-electron chi connectivity index (χ2n) is 8.71. The van der Waals surface area contributed by atoms with Gasteiger partial charge < -0.3 is 18.9 Å². The number of rotatable bonds is 12. The Morgan fingerprint density at radius 2 is 1.79 bits per heavy atom. The molecule has 8 nitrogen and oxygen atoms in total. The number of esters is 2. The van der Waals surface area contributed by atoms with Crippen LogP contribution in [-0.4, -0.2) is 35.9 Å². The highest BCUT2D eigenvalue weighted by molar-refractivity contribution is 6.30. The summed E-state index contributed by atoms with van der Waals surface area (Å²) in [6.45, 7) is 4.58. The molecule has 39 heavy (non-hydrogen) atoms. The highest BCUT2D eigenvalue weighted by Crippen LogP contribution is 2.33. The lowest BCUT2D eigenvalue weighted by Crippen LogP contribution is -2.30. The molecule has 0 saturated heterocycles. The third-order valence-corrected chi connectivity index (χ3v) is 6.03. The maximum Gasteiger partial charge on any atom is 0.309 e. The second kappa shape index (κ2) is 13.7. The molecular formula is C29H29ClFNO7. The molecule has 0 radical (unpaired) electrons. The van der Waals surface area contributed by atoms with Crippen LogP contribution in [0.2, 0.25) is 5.02 Å². The minimum Gasteiger partial charge on any atom is -0.493 e. The van der Waals surface area contributed by atoms with Gasteiger partial charge in [-0.3, -0.25) is 14.4 Å². The Hall–Kier alpha value is -3.98. The van der Waals surface area contributed by atoms with E-state index < -0.39 is 41.7 Å². The van der Waals surface area contributed by atoms with Crippen molar-refractivity contribution in [2.75, 3.05) is 7.11 Å². The Bertz CT molecular complexity index is 1300. The number of carbonyl (C=O) groups is 3. The fourth-order valence-electron chi connectivity index (χ4n) is 3.91. The summed E-state index contributed by atoms with van der Waals surface area (Å²) in [5.74, 6) is -2.98. The molecule has 0 amide bonds. The predicted octanol–water partition coefficient (Wildman–Crippen LogP) is 6.16. The molecule has 3 rings (SSSR count). The highest BCUT2D eigenvalue weighted by atomic mass is 35.5. The van der Waals surface area contributed by atoms with E-state index >= 15 is 0 Å². The average molecular weight is 558 g/mol. The number of halogens is 2. The van der Waals surface area contributed by atoms with E-state index in [-0.39, 0.29) is 34.4 Å². The zero-order valence-electron chi connectivity index (χ0n) is 22.0. The fourth-order valence-corrected chi connectivity index (χ4v) is 4.12. The first kappa shape index (κ1) is 29.6. The van der Waals surface area contributed by atoms with E-state index in [0.29, 0.717) is 12.0 Å². The topological polar surface area (TPSA) is 101 Å². The van der Waals surface area contributed by atoms with E-state index in [1.165, 1.54) is 38.4 Å². The number of nitrogens with zero attached hydrogens (tertiary/aromatic N) is 1. The molecule has 0 spiro atoms. The minimum atomic E-state index is -0.822. The molecule has 1 aromatic heterocycles. The van der Waals surface area contributed by atoms with Crippen LogP contribution in [0.25, 0.3) is 0 Å². The summed E-state index contributed by atoms with van der Waals surface area (Å²) in [5.41, 5.74) is 0.561. The van der Waals surface area contributed by atoms with Crippen molar-refractivity contribution in [3.05, 3.63) is 82.9 Å². The quantitative estimate of drug-likeness (QED) is 0.193. The molecule has 1 heterocycles. The Morgan fingerprint density at radius 3 is 2.41 bits per heavy atom. The molecule has 3 aromatic rings. The lowest BCUT2D eigenvalue weighted by Gasteiger charge is -2.27. The summed E-state index contributed by atoms with van der Waals surface area (Å²) in [4.78, 5) is 42.0. The number of carbonyl (C=O) groups excluding carboxylic acids is 3. The first-order chi connectivity index (χ1) is 18.6. The van der Waals surface area contributed by atoms with Gasteiger partial charge in [-0.2, -0.15) is 0 Å². The van der Waals surface area contributed by atoms with Gasteiger partial charge in [0, 0.05) is 36.7 Å². The lowest BCUT2D eigenvalue weighted by atomic mass is 9.97.